The molecular weight excluding hydrogens is 162 g/mol. The number of nitrogens with zero attached hydrogens (tertiary/aromatic N) is 3. The first-order chi connectivity index (χ1) is 5.64. The van der Waals surface area contributed by atoms with Gasteiger partial charge < -0.3 is 5.11 Å². The molecule has 0 saturated heterocycles. The number of hydrogen-bond donors (Lipinski definition) is 1. The smallest absolute Gasteiger partial charge is 0.371 e. The van der Waals surface area contributed by atoms with Gasteiger partial charge in [0.1, 0.15) is 0 Å². The van der Waals surface area contributed by atoms with Crippen molar-refractivity contribution in [3.63, 3.8) is 0 Å². The number of hydrogen-bond acceptors (Lipinski definition) is 5. The zero-order valence-corrected chi connectivity index (χ0v) is 6.34. The molecule has 0 aliphatic carbocycles. The lowest BCUT2D eigenvalue weighted by Crippen LogP contribution is -2.05. The normalized spacial score (nSPS) is 7.75. The van der Waals surface area contributed by atoms with Crippen LogP contribution in [-0.4, -0.2) is 32.3 Å². The van der Waals surface area contributed by atoms with Gasteiger partial charge in [-0.15, -0.1) is 10.2 Å². The summed E-state index contributed by atoms with van der Waals surface area (Å²) in [4.78, 5) is 18.9. The van der Waals surface area contributed by atoms with Crippen molar-refractivity contribution < 1.29 is 14.7 Å². The zero-order valence-electron chi connectivity index (χ0n) is 6.34. The first-order valence-electron chi connectivity index (χ1n) is 2.96. The van der Waals surface area contributed by atoms with Crippen LogP contribution in [0, 0.1) is 0 Å². The fourth-order valence-corrected chi connectivity index (χ4v) is 0.205. The van der Waals surface area contributed by atoms with Crippen molar-refractivity contribution in [2.24, 2.45) is 0 Å². The van der Waals surface area contributed by atoms with Gasteiger partial charge in [0.15, 0.2) is 0 Å². The molecule has 0 bridgehead atoms. The van der Waals surface area contributed by atoms with Gasteiger partial charge in [-0.05, 0) is 11.3 Å². The average Bonchev–Trinajstić information content (AvgIpc) is 2.08. The second-order valence-corrected chi connectivity index (χ2v) is 1.67. The molecule has 1 heterocycles. The van der Waals surface area contributed by atoms with Gasteiger partial charge in [-0.3, -0.25) is 4.79 Å². The number of ketones is 1. The predicted octanol–water partition coefficient (Wildman–Crippen LogP) is -0.468. The molecule has 0 fully saturated rings. The van der Waals surface area contributed by atoms with Crippen LogP contribution < -0.4 is 0 Å². The van der Waals surface area contributed by atoms with Crippen molar-refractivity contribution in [3.05, 3.63) is 18.5 Å². The highest BCUT2D eigenvalue weighted by Crippen LogP contribution is 1.62. The Bertz CT molecular complexity index is 211. The Balaban J connectivity index is 0.000000202. The molecular formula is C6H7N3O3. The largest absolute Gasteiger partial charge is 0.476 e. The summed E-state index contributed by atoms with van der Waals surface area (Å²) in [6.45, 7) is 1.00. The topological polar surface area (TPSA) is 93.0 Å². The van der Waals surface area contributed by atoms with Gasteiger partial charge in [0.05, 0.1) is 12.4 Å². The highest BCUT2D eigenvalue weighted by atomic mass is 16.4. The summed E-state index contributed by atoms with van der Waals surface area (Å²) in [5, 5.41) is 17.8. The van der Waals surface area contributed by atoms with E-state index in [9.17, 15) is 9.59 Å². The Labute approximate surface area is 68.2 Å². The van der Waals surface area contributed by atoms with Crippen LogP contribution in [-0.2, 0) is 9.59 Å². The molecule has 0 saturated carbocycles. The van der Waals surface area contributed by atoms with E-state index in [1.54, 1.807) is 18.5 Å². The third-order valence-electron chi connectivity index (χ3n) is 0.710. The van der Waals surface area contributed by atoms with Crippen molar-refractivity contribution in [2.75, 3.05) is 0 Å². The summed E-state index contributed by atoms with van der Waals surface area (Å²) in [5.74, 6) is -2.20. The molecule has 0 amide bonds. The number of Topliss-reactive ketones (excluding diaryl/α,β-unsaturated/α-hetero) is 1. The maximum absolute atomic E-state index is 9.54. The number of carbonyl (C=O) groups is 2. The monoisotopic (exact) mass is 169 g/mol. The van der Waals surface area contributed by atoms with Gasteiger partial charge >= 0.3 is 5.97 Å². The van der Waals surface area contributed by atoms with Crippen LogP contribution in [0.3, 0.4) is 0 Å². The predicted molar refractivity (Wildman–Crippen MR) is 38.1 cm³/mol. The van der Waals surface area contributed by atoms with E-state index in [2.05, 4.69) is 15.4 Å². The molecule has 1 aromatic rings. The summed E-state index contributed by atoms with van der Waals surface area (Å²) in [5.41, 5.74) is 0. The fraction of sp³-hybridized carbons (Fsp3) is 0.167. The molecule has 0 atom stereocenters. The Kier molecular flexibility index (Phi) is 4.99. The molecule has 0 aliphatic rings. The Morgan fingerprint density at radius 2 is 1.67 bits per heavy atom. The molecule has 1 aromatic heterocycles. The van der Waals surface area contributed by atoms with Crippen LogP contribution in [0.15, 0.2) is 18.5 Å². The lowest BCUT2D eigenvalue weighted by Gasteiger charge is -1.73. The SMILES string of the molecule is CC(=O)C(=O)O.c1cnnnc1. The Morgan fingerprint density at radius 3 is 1.75 bits per heavy atom. The molecule has 0 spiro atoms. The second kappa shape index (κ2) is 5.90. The van der Waals surface area contributed by atoms with Gasteiger partial charge in [-0.2, -0.15) is 0 Å². The van der Waals surface area contributed by atoms with E-state index in [1.807, 2.05) is 0 Å². The zero-order chi connectivity index (χ0) is 9.40. The van der Waals surface area contributed by atoms with Gasteiger partial charge in [0.25, 0.3) is 0 Å². The minimum atomic E-state index is -1.38. The quantitative estimate of drug-likeness (QED) is 0.571. The number of carboxylic acids is 1. The van der Waals surface area contributed by atoms with E-state index in [1.165, 1.54) is 0 Å². The van der Waals surface area contributed by atoms with Crippen molar-refractivity contribution >= 4 is 11.8 Å². The number of aliphatic carboxylic acids is 1. The summed E-state index contributed by atoms with van der Waals surface area (Å²) < 4.78 is 0. The third kappa shape index (κ3) is 6.27. The van der Waals surface area contributed by atoms with Crippen LogP contribution in [0.5, 0.6) is 0 Å². The molecule has 64 valence electrons. The van der Waals surface area contributed by atoms with Crippen molar-refractivity contribution in [2.45, 2.75) is 6.92 Å². The third-order valence-corrected chi connectivity index (χ3v) is 0.710. The van der Waals surface area contributed by atoms with Gasteiger partial charge in [-0.1, -0.05) is 0 Å². The summed E-state index contributed by atoms with van der Waals surface area (Å²) in [6, 6.07) is 1.72. The number of aromatic nitrogens is 3. The van der Waals surface area contributed by atoms with Gasteiger partial charge in [0, 0.05) is 6.92 Å². The van der Waals surface area contributed by atoms with Crippen LogP contribution in [0.2, 0.25) is 0 Å². The number of carbonyl (C=O) groups excluding carboxylic acids is 1. The molecule has 0 radical (unpaired) electrons. The van der Waals surface area contributed by atoms with Crippen molar-refractivity contribution in [3.8, 4) is 0 Å². The maximum atomic E-state index is 9.54. The molecule has 0 aromatic carbocycles. The molecule has 0 aliphatic heterocycles. The lowest BCUT2D eigenvalue weighted by molar-refractivity contribution is -0.148. The van der Waals surface area contributed by atoms with Crippen LogP contribution in [0.25, 0.3) is 0 Å². The molecule has 12 heavy (non-hydrogen) atoms. The molecule has 1 rings (SSSR count). The van der Waals surface area contributed by atoms with E-state index in [-0.39, 0.29) is 0 Å². The number of rotatable bonds is 1. The highest BCUT2D eigenvalue weighted by molar-refractivity contribution is 6.31. The van der Waals surface area contributed by atoms with Crippen LogP contribution >= 0.6 is 0 Å². The minimum Gasteiger partial charge on any atom is -0.476 e. The van der Waals surface area contributed by atoms with Crippen LogP contribution in [0.1, 0.15) is 6.92 Å². The molecule has 1 N–H and O–H groups in total. The second-order valence-electron chi connectivity index (χ2n) is 1.67. The van der Waals surface area contributed by atoms with E-state index in [4.69, 9.17) is 5.11 Å². The van der Waals surface area contributed by atoms with E-state index in [0.29, 0.717) is 0 Å². The first kappa shape index (κ1) is 10.2. The van der Waals surface area contributed by atoms with Gasteiger partial charge in [-0.25, -0.2) is 4.79 Å². The number of carboxylic acid groups (broad SMARTS) is 1. The first-order valence-corrected chi connectivity index (χ1v) is 2.96. The van der Waals surface area contributed by atoms with Crippen molar-refractivity contribution in [1.82, 2.24) is 15.4 Å². The van der Waals surface area contributed by atoms with Crippen molar-refractivity contribution in [1.29, 1.82) is 0 Å². The maximum Gasteiger partial charge on any atom is 0.371 e. The van der Waals surface area contributed by atoms with Gasteiger partial charge in [0.2, 0.25) is 5.78 Å². The lowest BCUT2D eigenvalue weighted by atomic mass is 10.5. The van der Waals surface area contributed by atoms with Crippen LogP contribution in [0.4, 0.5) is 0 Å². The average molecular weight is 169 g/mol. The van der Waals surface area contributed by atoms with E-state index in [0.717, 1.165) is 6.92 Å². The summed E-state index contributed by atoms with van der Waals surface area (Å²) in [6.07, 6.45) is 3.15. The highest BCUT2D eigenvalue weighted by Gasteiger charge is 1.98. The molecule has 0 unspecified atom stereocenters. The minimum absolute atomic E-state index is 0.824. The Hall–Kier alpha value is -1.85. The fourth-order valence-electron chi connectivity index (χ4n) is 0.205. The molecule has 6 heteroatoms. The Morgan fingerprint density at radius 1 is 1.25 bits per heavy atom. The molecule has 6 nitrogen and oxygen atoms in total. The van der Waals surface area contributed by atoms with E-state index >= 15 is 0 Å². The summed E-state index contributed by atoms with van der Waals surface area (Å²) >= 11 is 0. The van der Waals surface area contributed by atoms with E-state index < -0.39 is 11.8 Å². The summed E-state index contributed by atoms with van der Waals surface area (Å²) in [7, 11) is 0. The standard InChI is InChI=1S/C3H3N3.C3H4O3/c1-2-4-6-5-3-1;1-2(4)3(5)6/h1-3H;1H3,(H,5,6).